The van der Waals surface area contributed by atoms with Crippen molar-refractivity contribution in [3.63, 3.8) is 0 Å². The monoisotopic (exact) mass is 295 g/mol. The first-order valence-electron chi connectivity index (χ1n) is 6.90. The Morgan fingerprint density at radius 2 is 1.82 bits per heavy atom. The summed E-state index contributed by atoms with van der Waals surface area (Å²) in [5, 5.41) is 11.7. The van der Waals surface area contributed by atoms with E-state index in [9.17, 15) is 9.59 Å². The van der Waals surface area contributed by atoms with Crippen molar-refractivity contribution < 1.29 is 4.79 Å². The summed E-state index contributed by atoms with van der Waals surface area (Å²) >= 11 is 0. The van der Waals surface area contributed by atoms with Gasteiger partial charge in [-0.05, 0) is 44.0 Å². The number of anilines is 1. The number of para-hydroxylation sites is 1. The summed E-state index contributed by atoms with van der Waals surface area (Å²) < 4.78 is 1.31. The number of nitrogens with zero attached hydrogens (tertiary/aromatic N) is 2. The van der Waals surface area contributed by atoms with Gasteiger partial charge in [-0.2, -0.15) is 5.26 Å². The highest BCUT2D eigenvalue weighted by Gasteiger charge is 2.12. The Bertz CT molecular complexity index is 809. The van der Waals surface area contributed by atoms with Crippen molar-refractivity contribution in [1.82, 2.24) is 4.57 Å². The molecule has 0 aliphatic rings. The standard InChI is InChI=1S/C17H17N3O2/c1-11-5-4-6-12(2)16(11)19-15(21)10-20-13(3)7-8-14(9-18)17(20)22/h4-8H,10H2,1-3H3,(H,19,21). The predicted octanol–water partition coefficient (Wildman–Crippen LogP) is 2.28. The van der Waals surface area contributed by atoms with Crippen LogP contribution in [0.2, 0.25) is 0 Å². The fraction of sp³-hybridized carbons (Fsp3) is 0.235. The number of rotatable bonds is 3. The number of carbonyl (C=O) groups is 1. The third-order valence-electron chi connectivity index (χ3n) is 3.56. The summed E-state index contributed by atoms with van der Waals surface area (Å²) in [5.74, 6) is -0.294. The number of aromatic nitrogens is 1. The van der Waals surface area contributed by atoms with Gasteiger partial charge in [0.15, 0.2) is 0 Å². The molecule has 112 valence electrons. The Morgan fingerprint density at radius 3 is 2.41 bits per heavy atom. The fourth-order valence-corrected chi connectivity index (χ4v) is 2.29. The Hall–Kier alpha value is -2.87. The molecular formula is C17H17N3O2. The van der Waals surface area contributed by atoms with Crippen LogP contribution < -0.4 is 10.9 Å². The molecule has 0 aliphatic heterocycles. The highest BCUT2D eigenvalue weighted by molar-refractivity contribution is 5.92. The molecule has 0 fully saturated rings. The number of nitriles is 1. The molecule has 0 bridgehead atoms. The predicted molar refractivity (Wildman–Crippen MR) is 84.7 cm³/mol. The van der Waals surface area contributed by atoms with Crippen molar-refractivity contribution in [2.24, 2.45) is 0 Å². The molecule has 0 radical (unpaired) electrons. The first-order chi connectivity index (χ1) is 10.4. The second-order valence-electron chi connectivity index (χ2n) is 5.21. The number of pyridine rings is 1. The van der Waals surface area contributed by atoms with E-state index in [1.807, 2.05) is 38.1 Å². The summed E-state index contributed by atoms with van der Waals surface area (Å²) in [6.45, 7) is 5.44. The van der Waals surface area contributed by atoms with Crippen molar-refractivity contribution in [3.05, 3.63) is 63.1 Å². The van der Waals surface area contributed by atoms with Crippen LogP contribution in [0.25, 0.3) is 0 Å². The molecule has 0 spiro atoms. The minimum absolute atomic E-state index is 0.0328. The van der Waals surface area contributed by atoms with E-state index in [1.54, 1.807) is 13.0 Å². The van der Waals surface area contributed by atoms with Crippen LogP contribution in [0.5, 0.6) is 0 Å². The van der Waals surface area contributed by atoms with Crippen LogP contribution in [0, 0.1) is 32.1 Å². The summed E-state index contributed by atoms with van der Waals surface area (Å²) in [6, 6.07) is 10.7. The van der Waals surface area contributed by atoms with Crippen LogP contribution in [0.1, 0.15) is 22.4 Å². The van der Waals surface area contributed by atoms with Crippen LogP contribution in [0.15, 0.2) is 35.1 Å². The molecule has 2 rings (SSSR count). The van der Waals surface area contributed by atoms with Crippen molar-refractivity contribution >= 4 is 11.6 Å². The lowest BCUT2D eigenvalue weighted by atomic mass is 10.1. The average Bonchev–Trinajstić information content (AvgIpc) is 2.48. The number of carbonyl (C=O) groups excluding carboxylic acids is 1. The molecule has 1 aromatic carbocycles. The van der Waals surface area contributed by atoms with Crippen molar-refractivity contribution in [3.8, 4) is 6.07 Å². The van der Waals surface area contributed by atoms with Crippen LogP contribution in [-0.4, -0.2) is 10.5 Å². The molecule has 1 heterocycles. The van der Waals surface area contributed by atoms with Gasteiger partial charge in [-0.15, -0.1) is 0 Å². The van der Waals surface area contributed by atoms with E-state index >= 15 is 0 Å². The van der Waals surface area contributed by atoms with Crippen LogP contribution in [-0.2, 0) is 11.3 Å². The van der Waals surface area contributed by atoms with Gasteiger partial charge in [-0.3, -0.25) is 9.59 Å². The lowest BCUT2D eigenvalue weighted by Crippen LogP contribution is -2.30. The van der Waals surface area contributed by atoms with Gasteiger partial charge in [-0.1, -0.05) is 18.2 Å². The minimum atomic E-state index is -0.445. The van der Waals surface area contributed by atoms with E-state index in [0.717, 1.165) is 16.8 Å². The SMILES string of the molecule is Cc1cccc(C)c1NC(=O)Cn1c(C)ccc(C#N)c1=O. The maximum Gasteiger partial charge on any atom is 0.269 e. The van der Waals surface area contributed by atoms with Gasteiger partial charge in [-0.25, -0.2) is 0 Å². The maximum absolute atomic E-state index is 12.2. The van der Waals surface area contributed by atoms with E-state index in [1.165, 1.54) is 10.6 Å². The minimum Gasteiger partial charge on any atom is -0.324 e. The van der Waals surface area contributed by atoms with E-state index in [0.29, 0.717) is 5.69 Å². The second-order valence-corrected chi connectivity index (χ2v) is 5.21. The second kappa shape index (κ2) is 6.27. The van der Waals surface area contributed by atoms with Crippen molar-refractivity contribution in [1.29, 1.82) is 5.26 Å². The molecule has 0 unspecified atom stereocenters. The van der Waals surface area contributed by atoms with E-state index in [-0.39, 0.29) is 18.0 Å². The summed E-state index contributed by atoms with van der Waals surface area (Å²) in [5.41, 5.74) is 2.91. The van der Waals surface area contributed by atoms with Gasteiger partial charge in [0.2, 0.25) is 5.91 Å². The van der Waals surface area contributed by atoms with E-state index in [4.69, 9.17) is 5.26 Å². The van der Waals surface area contributed by atoms with Gasteiger partial charge >= 0.3 is 0 Å². The first-order valence-corrected chi connectivity index (χ1v) is 6.90. The highest BCUT2D eigenvalue weighted by atomic mass is 16.2. The van der Waals surface area contributed by atoms with Gasteiger partial charge in [0.05, 0.1) is 0 Å². The van der Waals surface area contributed by atoms with Crippen molar-refractivity contribution in [2.45, 2.75) is 27.3 Å². The van der Waals surface area contributed by atoms with Crippen molar-refractivity contribution in [2.75, 3.05) is 5.32 Å². The number of hydrogen-bond donors (Lipinski definition) is 1. The molecule has 22 heavy (non-hydrogen) atoms. The van der Waals surface area contributed by atoms with Gasteiger partial charge < -0.3 is 9.88 Å². The molecule has 0 saturated carbocycles. The average molecular weight is 295 g/mol. The Balaban J connectivity index is 2.28. The lowest BCUT2D eigenvalue weighted by Gasteiger charge is -2.13. The summed E-state index contributed by atoms with van der Waals surface area (Å²) in [6.07, 6.45) is 0. The third kappa shape index (κ3) is 3.07. The van der Waals surface area contributed by atoms with Crippen LogP contribution >= 0.6 is 0 Å². The fourth-order valence-electron chi connectivity index (χ4n) is 2.29. The van der Waals surface area contributed by atoms with E-state index in [2.05, 4.69) is 5.32 Å². The van der Waals surface area contributed by atoms with E-state index < -0.39 is 5.56 Å². The number of nitrogens with one attached hydrogen (secondary N) is 1. The lowest BCUT2D eigenvalue weighted by molar-refractivity contribution is -0.116. The zero-order valence-electron chi connectivity index (χ0n) is 12.8. The first kappa shape index (κ1) is 15.5. The van der Waals surface area contributed by atoms with Crippen LogP contribution in [0.3, 0.4) is 0 Å². The molecule has 0 saturated heterocycles. The van der Waals surface area contributed by atoms with Gasteiger partial charge in [0.1, 0.15) is 18.2 Å². The molecule has 1 aromatic heterocycles. The largest absolute Gasteiger partial charge is 0.324 e. The van der Waals surface area contributed by atoms with Gasteiger partial charge in [0.25, 0.3) is 5.56 Å². The zero-order valence-corrected chi connectivity index (χ0v) is 12.8. The molecular weight excluding hydrogens is 278 g/mol. The summed E-state index contributed by atoms with van der Waals surface area (Å²) in [7, 11) is 0. The topological polar surface area (TPSA) is 74.9 Å². The smallest absolute Gasteiger partial charge is 0.269 e. The summed E-state index contributed by atoms with van der Waals surface area (Å²) in [4.78, 5) is 24.3. The normalized spacial score (nSPS) is 10.1. The molecule has 5 nitrogen and oxygen atoms in total. The number of benzene rings is 1. The third-order valence-corrected chi connectivity index (χ3v) is 3.56. The van der Waals surface area contributed by atoms with Gasteiger partial charge in [0, 0.05) is 11.4 Å². The number of hydrogen-bond acceptors (Lipinski definition) is 3. The Labute approximate surface area is 128 Å². The molecule has 0 aliphatic carbocycles. The zero-order chi connectivity index (χ0) is 16.3. The Kier molecular flexibility index (Phi) is 4.42. The highest BCUT2D eigenvalue weighted by Crippen LogP contribution is 2.19. The molecule has 1 N–H and O–H groups in total. The molecule has 1 amide bonds. The quantitative estimate of drug-likeness (QED) is 0.944. The molecule has 5 heteroatoms. The molecule has 2 aromatic rings. The Morgan fingerprint density at radius 1 is 1.18 bits per heavy atom. The number of aryl methyl sites for hydroxylation is 3. The van der Waals surface area contributed by atoms with Crippen LogP contribution in [0.4, 0.5) is 5.69 Å². The molecule has 0 atom stereocenters. The number of amides is 1. The maximum atomic E-state index is 12.2.